The van der Waals surface area contributed by atoms with E-state index in [1.165, 1.54) is 0 Å². The van der Waals surface area contributed by atoms with Gasteiger partial charge in [-0.05, 0) is 44.7 Å². The number of piperidine rings is 1. The molecule has 1 aromatic rings. The predicted octanol–water partition coefficient (Wildman–Crippen LogP) is 2.68. The van der Waals surface area contributed by atoms with E-state index >= 15 is 0 Å². The lowest BCUT2D eigenvalue weighted by atomic mass is 9.92. The van der Waals surface area contributed by atoms with E-state index in [1.54, 1.807) is 6.08 Å². The molecule has 0 spiro atoms. The third-order valence-electron chi connectivity index (χ3n) is 4.14. The second-order valence-corrected chi connectivity index (χ2v) is 5.85. The van der Waals surface area contributed by atoms with Gasteiger partial charge in [0.15, 0.2) is 0 Å². The first-order valence-electron chi connectivity index (χ1n) is 8.06. The van der Waals surface area contributed by atoms with Crippen molar-refractivity contribution in [3.05, 3.63) is 35.9 Å². The van der Waals surface area contributed by atoms with Gasteiger partial charge >= 0.3 is 0 Å². The van der Waals surface area contributed by atoms with Crippen LogP contribution in [0, 0.1) is 5.92 Å². The van der Waals surface area contributed by atoms with Crippen LogP contribution in [0.25, 0.3) is 6.08 Å². The number of nitrogens with two attached hydrogens (primary N) is 1. The van der Waals surface area contributed by atoms with Crippen molar-refractivity contribution in [2.45, 2.75) is 32.7 Å². The Morgan fingerprint density at radius 1 is 1.50 bits per heavy atom. The molecular formula is C18H26N2O2. The first-order valence-corrected chi connectivity index (χ1v) is 8.06. The normalized spacial score (nSPS) is 20.1. The van der Waals surface area contributed by atoms with E-state index in [2.05, 4.69) is 0 Å². The van der Waals surface area contributed by atoms with Gasteiger partial charge in [0.2, 0.25) is 5.91 Å². The largest absolute Gasteiger partial charge is 0.493 e. The van der Waals surface area contributed by atoms with Gasteiger partial charge in [0, 0.05) is 30.8 Å². The summed E-state index contributed by atoms with van der Waals surface area (Å²) in [6, 6.07) is 7.89. The Labute approximate surface area is 132 Å². The molecule has 1 amide bonds. The van der Waals surface area contributed by atoms with Gasteiger partial charge in [-0.2, -0.15) is 0 Å². The highest BCUT2D eigenvalue weighted by atomic mass is 16.5. The maximum absolute atomic E-state index is 12.4. The number of hydrogen-bond acceptors (Lipinski definition) is 3. The van der Waals surface area contributed by atoms with E-state index in [0.29, 0.717) is 12.5 Å². The lowest BCUT2D eigenvalue weighted by Gasteiger charge is -2.34. The molecule has 1 fully saturated rings. The first-order chi connectivity index (χ1) is 10.6. The molecule has 2 N–H and O–H groups in total. The molecule has 1 aliphatic heterocycles. The first kappa shape index (κ1) is 16.6. The Morgan fingerprint density at radius 2 is 2.27 bits per heavy atom. The second kappa shape index (κ2) is 7.99. The Hall–Kier alpha value is -1.81. The summed E-state index contributed by atoms with van der Waals surface area (Å²) in [5.74, 6) is 1.26. The standard InChI is InChI=1S/C18H26N2O2/c1-3-22-17-9-5-4-7-15(17)10-11-18(21)20-12-6-8-16(13-20)14(2)19/h4-5,7,9-11,14,16H,3,6,8,12-13,19H2,1-2H3/b11-10+. The quantitative estimate of drug-likeness (QED) is 0.851. The van der Waals surface area contributed by atoms with Gasteiger partial charge in [-0.3, -0.25) is 4.79 Å². The van der Waals surface area contributed by atoms with Crippen LogP contribution in [0.2, 0.25) is 0 Å². The summed E-state index contributed by atoms with van der Waals surface area (Å²) in [6.45, 7) is 6.16. The van der Waals surface area contributed by atoms with Gasteiger partial charge in [-0.15, -0.1) is 0 Å². The topological polar surface area (TPSA) is 55.6 Å². The number of amides is 1. The number of carbonyl (C=O) groups excluding carboxylic acids is 1. The van der Waals surface area contributed by atoms with Crippen molar-refractivity contribution in [1.82, 2.24) is 4.90 Å². The van der Waals surface area contributed by atoms with Crippen molar-refractivity contribution in [3.63, 3.8) is 0 Å². The number of nitrogens with zero attached hydrogens (tertiary/aromatic N) is 1. The number of benzene rings is 1. The van der Waals surface area contributed by atoms with Crippen LogP contribution < -0.4 is 10.5 Å². The van der Waals surface area contributed by atoms with E-state index in [4.69, 9.17) is 10.5 Å². The molecule has 1 aromatic carbocycles. The van der Waals surface area contributed by atoms with E-state index in [0.717, 1.165) is 37.2 Å². The minimum Gasteiger partial charge on any atom is -0.493 e. The van der Waals surface area contributed by atoms with E-state index in [1.807, 2.05) is 49.1 Å². The predicted molar refractivity (Wildman–Crippen MR) is 89.6 cm³/mol. The van der Waals surface area contributed by atoms with Gasteiger partial charge < -0.3 is 15.4 Å². The maximum atomic E-state index is 12.4. The van der Waals surface area contributed by atoms with Gasteiger partial charge in [-0.1, -0.05) is 18.2 Å². The van der Waals surface area contributed by atoms with Crippen LogP contribution in [0.3, 0.4) is 0 Å². The summed E-state index contributed by atoms with van der Waals surface area (Å²) in [6.07, 6.45) is 5.61. The van der Waals surface area contributed by atoms with Crippen molar-refractivity contribution in [2.24, 2.45) is 11.7 Å². The number of ether oxygens (including phenoxy) is 1. The molecular weight excluding hydrogens is 276 g/mol. The van der Waals surface area contributed by atoms with Gasteiger partial charge in [0.05, 0.1) is 6.61 Å². The molecule has 22 heavy (non-hydrogen) atoms. The van der Waals surface area contributed by atoms with Crippen LogP contribution >= 0.6 is 0 Å². The third-order valence-corrected chi connectivity index (χ3v) is 4.14. The molecule has 120 valence electrons. The Kier molecular flexibility index (Phi) is 6.01. The zero-order valence-electron chi connectivity index (χ0n) is 13.5. The molecule has 0 aromatic heterocycles. The molecule has 2 atom stereocenters. The van der Waals surface area contributed by atoms with Gasteiger partial charge in [0.1, 0.15) is 5.75 Å². The highest BCUT2D eigenvalue weighted by Gasteiger charge is 2.24. The van der Waals surface area contributed by atoms with E-state index in [9.17, 15) is 4.79 Å². The Bertz CT molecular complexity index is 526. The van der Waals surface area contributed by atoms with Crippen LogP contribution in [0.5, 0.6) is 5.75 Å². The van der Waals surface area contributed by atoms with E-state index in [-0.39, 0.29) is 11.9 Å². The summed E-state index contributed by atoms with van der Waals surface area (Å²) in [7, 11) is 0. The summed E-state index contributed by atoms with van der Waals surface area (Å²) in [5, 5.41) is 0. The fourth-order valence-corrected chi connectivity index (χ4v) is 2.81. The van der Waals surface area contributed by atoms with Crippen molar-refractivity contribution in [3.8, 4) is 5.75 Å². The minimum atomic E-state index is 0.0525. The molecule has 4 heteroatoms. The number of rotatable bonds is 5. The molecule has 1 saturated heterocycles. The SMILES string of the molecule is CCOc1ccccc1/C=C/C(=O)N1CCCC(C(C)N)C1. The monoisotopic (exact) mass is 302 g/mol. The van der Waals surface area contributed by atoms with Crippen LogP contribution in [0.4, 0.5) is 0 Å². The molecule has 1 heterocycles. The summed E-state index contributed by atoms with van der Waals surface area (Å²) < 4.78 is 5.57. The Balaban J connectivity index is 2.02. The number of carbonyl (C=O) groups is 1. The molecule has 2 unspecified atom stereocenters. The summed E-state index contributed by atoms with van der Waals surface area (Å²) in [5.41, 5.74) is 6.90. The van der Waals surface area contributed by atoms with Crippen molar-refractivity contribution >= 4 is 12.0 Å². The van der Waals surface area contributed by atoms with Crippen molar-refractivity contribution in [2.75, 3.05) is 19.7 Å². The molecule has 1 aliphatic rings. The minimum absolute atomic E-state index is 0.0525. The second-order valence-electron chi connectivity index (χ2n) is 5.85. The van der Waals surface area contributed by atoms with Crippen molar-refractivity contribution in [1.29, 1.82) is 0 Å². The molecule has 0 saturated carbocycles. The van der Waals surface area contributed by atoms with Gasteiger partial charge in [0.25, 0.3) is 0 Å². The molecule has 2 rings (SSSR count). The fourth-order valence-electron chi connectivity index (χ4n) is 2.81. The average Bonchev–Trinajstić information content (AvgIpc) is 2.54. The summed E-state index contributed by atoms with van der Waals surface area (Å²) in [4.78, 5) is 14.3. The highest BCUT2D eigenvalue weighted by Crippen LogP contribution is 2.21. The third kappa shape index (κ3) is 4.34. The number of para-hydroxylation sites is 1. The smallest absolute Gasteiger partial charge is 0.246 e. The molecule has 0 aliphatic carbocycles. The van der Waals surface area contributed by atoms with Crippen LogP contribution in [-0.2, 0) is 4.79 Å². The van der Waals surface area contributed by atoms with Gasteiger partial charge in [-0.25, -0.2) is 0 Å². The Morgan fingerprint density at radius 3 is 3.00 bits per heavy atom. The number of hydrogen-bond donors (Lipinski definition) is 1. The molecule has 0 radical (unpaired) electrons. The lowest BCUT2D eigenvalue weighted by molar-refractivity contribution is -0.127. The van der Waals surface area contributed by atoms with Crippen LogP contribution in [-0.4, -0.2) is 36.5 Å². The zero-order valence-corrected chi connectivity index (χ0v) is 13.5. The number of likely N-dealkylation sites (tertiary alicyclic amines) is 1. The van der Waals surface area contributed by atoms with E-state index < -0.39 is 0 Å². The van der Waals surface area contributed by atoms with Crippen LogP contribution in [0.1, 0.15) is 32.3 Å². The maximum Gasteiger partial charge on any atom is 0.246 e. The molecule has 0 bridgehead atoms. The zero-order chi connectivity index (χ0) is 15.9. The highest BCUT2D eigenvalue weighted by molar-refractivity contribution is 5.92. The molecule has 4 nitrogen and oxygen atoms in total. The van der Waals surface area contributed by atoms with Crippen molar-refractivity contribution < 1.29 is 9.53 Å². The average molecular weight is 302 g/mol. The summed E-state index contributed by atoms with van der Waals surface area (Å²) >= 11 is 0. The van der Waals surface area contributed by atoms with Crippen LogP contribution in [0.15, 0.2) is 30.3 Å². The fraction of sp³-hybridized carbons (Fsp3) is 0.500. The lowest BCUT2D eigenvalue weighted by Crippen LogP contribution is -2.44.